The van der Waals surface area contributed by atoms with Crippen LogP contribution < -0.4 is 21.3 Å². The van der Waals surface area contributed by atoms with Crippen molar-refractivity contribution in [2.24, 2.45) is 0 Å². The van der Waals surface area contributed by atoms with Gasteiger partial charge in [0.25, 0.3) is 0 Å². The van der Waals surface area contributed by atoms with Gasteiger partial charge in [-0.1, -0.05) is 170 Å². The van der Waals surface area contributed by atoms with Crippen LogP contribution in [0.25, 0.3) is 0 Å². The lowest BCUT2D eigenvalue weighted by Crippen LogP contribution is -2.41. The number of aliphatic hydroxyl groups is 4. The van der Waals surface area contributed by atoms with E-state index in [9.17, 15) is 39.6 Å². The average molecular weight is 1430 g/mol. The van der Waals surface area contributed by atoms with E-state index < -0.39 is 0 Å². The molecule has 0 fully saturated rings. The van der Waals surface area contributed by atoms with Crippen molar-refractivity contribution in [3.63, 3.8) is 0 Å². The van der Waals surface area contributed by atoms with Crippen LogP contribution in [0.4, 0.5) is 0 Å². The molecule has 20 nitrogen and oxygen atoms in total. The lowest BCUT2D eigenvalue weighted by molar-refractivity contribution is -0.123. The van der Waals surface area contributed by atoms with Crippen LogP contribution in [0, 0.1) is 0 Å². The minimum absolute atomic E-state index is 0.0297. The first-order valence-electron chi connectivity index (χ1n) is 35.6. The Labute approximate surface area is 613 Å². The van der Waals surface area contributed by atoms with Crippen molar-refractivity contribution in [3.05, 3.63) is 263 Å². The summed E-state index contributed by atoms with van der Waals surface area (Å²) in [5.41, 5.74) is 8.50. The third kappa shape index (κ3) is 38.2. The summed E-state index contributed by atoms with van der Waals surface area (Å²) in [7, 11) is 0. The molecule has 0 saturated heterocycles. The quantitative estimate of drug-likeness (QED) is 0.0170. The van der Waals surface area contributed by atoms with Gasteiger partial charge in [0.2, 0.25) is 23.6 Å². The number of carbonyl (C=O) groups is 4. The van der Waals surface area contributed by atoms with Crippen molar-refractivity contribution in [1.29, 1.82) is 0 Å². The van der Waals surface area contributed by atoms with Crippen LogP contribution in [0.2, 0.25) is 0 Å². The predicted molar refractivity (Wildman–Crippen MR) is 404 cm³/mol. The van der Waals surface area contributed by atoms with Crippen LogP contribution in [0.5, 0.6) is 23.0 Å². The fourth-order valence-electron chi connectivity index (χ4n) is 10.4. The van der Waals surface area contributed by atoms with Crippen molar-refractivity contribution in [2.45, 2.75) is 153 Å². The number of phenols is 4. The number of hydrogen-bond acceptors (Lipinski definition) is 16. The van der Waals surface area contributed by atoms with Crippen LogP contribution in [-0.4, -0.2) is 166 Å². The number of amides is 4. The molecule has 2 unspecified atom stereocenters. The second-order valence-corrected chi connectivity index (χ2v) is 25.8. The fraction of sp³-hybridized carbons (Fsp3) is 0.381. The van der Waals surface area contributed by atoms with Crippen LogP contribution in [0.1, 0.15) is 97.9 Å². The summed E-state index contributed by atoms with van der Waals surface area (Å²) in [5.74, 6) is 0.723. The largest absolute Gasteiger partial charge is 0.508 e. The van der Waals surface area contributed by atoms with Gasteiger partial charge in [0.05, 0.1) is 101 Å². The third-order valence-corrected chi connectivity index (χ3v) is 16.4. The Kier molecular flexibility index (Phi) is 41.0. The maximum absolute atomic E-state index is 12.3. The molecule has 0 radical (unpaired) electrons. The predicted octanol–water partition coefficient (Wildman–Crippen LogP) is 9.80. The molecule has 8 aromatic carbocycles. The van der Waals surface area contributed by atoms with E-state index >= 15 is 0 Å². The number of aliphatic hydroxyl groups excluding tert-OH is 4. The van der Waals surface area contributed by atoms with Gasteiger partial charge in [-0.05, 0) is 172 Å². The summed E-state index contributed by atoms with van der Waals surface area (Å²) in [5, 5.41) is 86.2. The lowest BCUT2D eigenvalue weighted by Gasteiger charge is -2.21. The topological polar surface area (TPSA) is 315 Å². The Bertz CT molecular complexity index is 3110. The van der Waals surface area contributed by atoms with E-state index in [2.05, 4.69) is 21.3 Å². The second kappa shape index (κ2) is 50.0. The summed E-state index contributed by atoms with van der Waals surface area (Å²) in [6.07, 6.45) is 5.64. The molecule has 8 rings (SSSR count). The molecule has 0 aliphatic carbocycles. The van der Waals surface area contributed by atoms with Crippen molar-refractivity contribution in [2.75, 3.05) is 52.9 Å². The molecular formula is C84H108N4O16. The summed E-state index contributed by atoms with van der Waals surface area (Å²) in [4.78, 5) is 49.3. The maximum Gasteiger partial charge on any atom is 0.220 e. The highest BCUT2D eigenvalue weighted by Crippen LogP contribution is 2.18. The molecule has 560 valence electrons. The fourth-order valence-corrected chi connectivity index (χ4v) is 10.4. The van der Waals surface area contributed by atoms with E-state index in [1.165, 1.54) is 0 Å². The lowest BCUT2D eigenvalue weighted by atomic mass is 10.1. The highest BCUT2D eigenvalue weighted by atomic mass is 16.5. The van der Waals surface area contributed by atoms with Gasteiger partial charge in [0.15, 0.2) is 0 Å². The zero-order valence-electron chi connectivity index (χ0n) is 60.4. The molecule has 0 aliphatic rings. The molecular weight excluding hydrogens is 1320 g/mol. The second-order valence-electron chi connectivity index (χ2n) is 25.8. The van der Waals surface area contributed by atoms with Gasteiger partial charge in [-0.15, -0.1) is 0 Å². The minimum atomic E-state index is -0.279. The van der Waals surface area contributed by atoms with Gasteiger partial charge in [-0.2, -0.15) is 0 Å². The first kappa shape index (κ1) is 85.2. The Balaban J connectivity index is 0.000000249. The first-order chi connectivity index (χ1) is 50.3. The van der Waals surface area contributed by atoms with E-state index in [0.717, 1.165) is 44.5 Å². The number of carbonyl (C=O) groups excluding carboxylic acids is 4. The molecule has 104 heavy (non-hydrogen) atoms. The highest BCUT2D eigenvalue weighted by Gasteiger charge is 2.20. The molecule has 0 saturated carbocycles. The molecule has 20 heteroatoms. The number of ether oxygens (including phenoxy) is 4. The Morgan fingerprint density at radius 1 is 0.269 bits per heavy atom. The summed E-state index contributed by atoms with van der Waals surface area (Å²) < 4.78 is 22.4. The van der Waals surface area contributed by atoms with E-state index in [-0.39, 0.29) is 122 Å². The zero-order chi connectivity index (χ0) is 75.1. The Hall–Kier alpha value is -9.48. The Morgan fingerprint density at radius 3 is 0.606 bits per heavy atom. The molecule has 0 bridgehead atoms. The van der Waals surface area contributed by atoms with E-state index in [0.29, 0.717) is 103 Å². The molecule has 0 aliphatic heterocycles. The van der Waals surface area contributed by atoms with Gasteiger partial charge in [-0.25, -0.2) is 0 Å². The molecule has 8 aromatic rings. The van der Waals surface area contributed by atoms with Crippen LogP contribution in [-0.2, 0) is 89.5 Å². The molecule has 0 spiro atoms. The van der Waals surface area contributed by atoms with E-state index in [1.54, 1.807) is 76.2 Å². The minimum Gasteiger partial charge on any atom is -0.508 e. The standard InChI is InChI=1S/4C21H27NO4/c4*1-16(14-23)26-15-19(13-18-7-10-20(24)11-8-18)22-21(25)12-9-17-5-3-2-4-6-17/h4*2-8,10-11,16,19,23-24H,9,12-15H2,1H3,(H,22,25)/t2*16?,19-;2*16-,19+/m1010/s1. The van der Waals surface area contributed by atoms with Crippen molar-refractivity contribution < 1.29 is 79.0 Å². The average Bonchev–Trinajstić information content (AvgIpc) is 0.925. The molecule has 0 heterocycles. The number of rotatable bonds is 40. The number of hydrogen-bond donors (Lipinski definition) is 12. The SMILES string of the molecule is CC(CO)OC[C@@H](Cc1ccc(O)cc1)NC(=O)CCc1ccccc1.CC(CO)OC[C@H](Cc1ccc(O)cc1)NC(=O)CCc1ccccc1.C[C@@H](CO)OC[C@@H](Cc1ccc(O)cc1)NC(=O)CCc1ccccc1.C[C@H](CO)OC[C@H](Cc1ccc(O)cc1)NC(=O)CCc1ccccc1. The van der Waals surface area contributed by atoms with Gasteiger partial charge in [0.1, 0.15) is 23.0 Å². The van der Waals surface area contributed by atoms with Crippen molar-refractivity contribution in [3.8, 4) is 23.0 Å². The monoisotopic (exact) mass is 1430 g/mol. The number of benzene rings is 8. The number of phenolic OH excluding ortho intramolecular Hbond substituents is 4. The molecule has 12 N–H and O–H groups in total. The summed E-state index contributed by atoms with van der Waals surface area (Å²) in [6, 6.07) is 66.4. The van der Waals surface area contributed by atoms with Gasteiger partial charge >= 0.3 is 0 Å². The highest BCUT2D eigenvalue weighted by molar-refractivity contribution is 5.78. The first-order valence-corrected chi connectivity index (χ1v) is 35.6. The number of aromatic hydroxyl groups is 4. The number of nitrogens with one attached hydrogen (secondary N) is 4. The summed E-state index contributed by atoms with van der Waals surface area (Å²) in [6.45, 7) is 8.18. The Morgan fingerprint density at radius 2 is 0.442 bits per heavy atom. The number of aryl methyl sites for hydroxylation is 4. The van der Waals surface area contributed by atoms with Crippen LogP contribution in [0.15, 0.2) is 218 Å². The van der Waals surface area contributed by atoms with Crippen molar-refractivity contribution >= 4 is 23.6 Å². The van der Waals surface area contributed by atoms with Gasteiger partial charge in [-0.3, -0.25) is 19.2 Å². The van der Waals surface area contributed by atoms with Crippen LogP contribution in [0.3, 0.4) is 0 Å². The van der Waals surface area contributed by atoms with Gasteiger partial charge < -0.3 is 81.1 Å². The van der Waals surface area contributed by atoms with Gasteiger partial charge in [0, 0.05) is 25.7 Å². The van der Waals surface area contributed by atoms with E-state index in [4.69, 9.17) is 39.4 Å². The van der Waals surface area contributed by atoms with Crippen molar-refractivity contribution in [1.82, 2.24) is 21.3 Å². The normalized spacial score (nSPS) is 13.2. The third-order valence-electron chi connectivity index (χ3n) is 16.4. The molecule has 0 aromatic heterocycles. The van der Waals surface area contributed by atoms with Crippen LogP contribution >= 0.6 is 0 Å². The maximum atomic E-state index is 12.3. The molecule has 4 amide bonds. The molecule has 8 atom stereocenters. The zero-order valence-corrected chi connectivity index (χ0v) is 60.4. The summed E-state index contributed by atoms with van der Waals surface area (Å²) >= 11 is 0. The van der Waals surface area contributed by atoms with E-state index in [1.807, 2.05) is 170 Å². The smallest absolute Gasteiger partial charge is 0.220 e.